The summed E-state index contributed by atoms with van der Waals surface area (Å²) < 4.78 is 51.2. The number of hydrogen-bond acceptors (Lipinski definition) is 3. The molecule has 1 aliphatic heterocycles. The molecular weight excluding hydrogens is 450 g/mol. The second-order valence-electron chi connectivity index (χ2n) is 7.73. The molecule has 170 valence electrons. The van der Waals surface area contributed by atoms with Gasteiger partial charge < -0.3 is 15.6 Å². The Morgan fingerprint density at radius 3 is 2.66 bits per heavy atom. The van der Waals surface area contributed by atoms with Crippen LogP contribution in [0.4, 0.5) is 33.7 Å². The van der Waals surface area contributed by atoms with Crippen molar-refractivity contribution in [3.05, 3.63) is 53.2 Å². The number of nitrogens with one attached hydrogen (secondary N) is 3. The molecule has 0 saturated carbocycles. The van der Waals surface area contributed by atoms with Gasteiger partial charge in [0.1, 0.15) is 5.82 Å². The fourth-order valence-electron chi connectivity index (χ4n) is 3.92. The number of alkyl halides is 3. The van der Waals surface area contributed by atoms with Crippen LogP contribution >= 0.6 is 11.6 Å². The first-order valence-corrected chi connectivity index (χ1v) is 10.3. The predicted molar refractivity (Wildman–Crippen MR) is 115 cm³/mol. The Labute approximate surface area is 185 Å². The molecule has 0 aliphatic carbocycles. The standard InChI is InChI=1S/C21H20ClF4N5O/c22-16-8-14(9-28-19(16)12-3-5-31(6-4-12)11-21(24,25)26)29-20(32)30-18-10-27-17-2-1-13(23)7-15(17)18/h1-2,7-10,12,27H,3-6,11H2,(H2,29,30,32). The van der Waals surface area contributed by atoms with Crippen molar-refractivity contribution in [1.82, 2.24) is 14.9 Å². The van der Waals surface area contributed by atoms with E-state index in [1.54, 1.807) is 18.3 Å². The minimum absolute atomic E-state index is 0.0454. The first kappa shape index (κ1) is 22.3. The highest BCUT2D eigenvalue weighted by molar-refractivity contribution is 6.31. The second kappa shape index (κ2) is 8.95. The van der Waals surface area contributed by atoms with Crippen molar-refractivity contribution in [1.29, 1.82) is 0 Å². The molecule has 4 rings (SSSR count). The van der Waals surface area contributed by atoms with E-state index in [1.807, 2.05) is 0 Å². The van der Waals surface area contributed by atoms with Gasteiger partial charge in [0, 0.05) is 23.0 Å². The van der Waals surface area contributed by atoms with Crippen molar-refractivity contribution in [3.8, 4) is 0 Å². The highest BCUT2D eigenvalue weighted by Gasteiger charge is 2.33. The van der Waals surface area contributed by atoms with E-state index in [2.05, 4.69) is 20.6 Å². The minimum atomic E-state index is -4.21. The molecule has 1 fully saturated rings. The van der Waals surface area contributed by atoms with Crippen LogP contribution in [0, 0.1) is 5.82 Å². The third-order valence-corrected chi connectivity index (χ3v) is 5.70. The average Bonchev–Trinajstić information content (AvgIpc) is 3.09. The molecule has 3 heterocycles. The number of aromatic amines is 1. The highest BCUT2D eigenvalue weighted by atomic mass is 35.5. The monoisotopic (exact) mass is 469 g/mol. The Balaban J connectivity index is 1.37. The molecule has 0 spiro atoms. The number of carbonyl (C=O) groups excluding carboxylic acids is 1. The number of rotatable bonds is 4. The third kappa shape index (κ3) is 5.31. The Hall–Kier alpha value is -2.85. The number of nitrogens with zero attached hydrogens (tertiary/aromatic N) is 2. The predicted octanol–water partition coefficient (Wildman–Crippen LogP) is 5.74. The molecule has 1 saturated heterocycles. The molecule has 2 amide bonds. The minimum Gasteiger partial charge on any atom is -0.359 e. The summed E-state index contributed by atoms with van der Waals surface area (Å²) in [5.41, 5.74) is 2.06. The van der Waals surface area contributed by atoms with Crippen molar-refractivity contribution in [2.24, 2.45) is 0 Å². The van der Waals surface area contributed by atoms with Gasteiger partial charge in [0.15, 0.2) is 0 Å². The molecule has 0 bridgehead atoms. The molecule has 2 aromatic heterocycles. The Morgan fingerprint density at radius 1 is 1.22 bits per heavy atom. The van der Waals surface area contributed by atoms with Gasteiger partial charge in [0.2, 0.25) is 0 Å². The number of anilines is 2. The summed E-state index contributed by atoms with van der Waals surface area (Å²) in [4.78, 5) is 21.0. The average molecular weight is 470 g/mol. The maximum atomic E-state index is 13.5. The van der Waals surface area contributed by atoms with Crippen molar-refractivity contribution < 1.29 is 22.4 Å². The highest BCUT2D eigenvalue weighted by Crippen LogP contribution is 2.33. The van der Waals surface area contributed by atoms with E-state index in [0.29, 0.717) is 58.9 Å². The molecule has 3 N–H and O–H groups in total. The van der Waals surface area contributed by atoms with Crippen LogP contribution in [-0.2, 0) is 0 Å². The summed E-state index contributed by atoms with van der Waals surface area (Å²) in [5, 5.41) is 6.14. The SMILES string of the molecule is O=C(Nc1cnc(C2CCN(CC(F)(F)F)CC2)c(Cl)c1)Nc1c[nH]c2ccc(F)cc12. The lowest BCUT2D eigenvalue weighted by Gasteiger charge is -2.32. The number of urea groups is 1. The maximum Gasteiger partial charge on any atom is 0.401 e. The van der Waals surface area contributed by atoms with E-state index in [4.69, 9.17) is 11.6 Å². The first-order chi connectivity index (χ1) is 15.2. The topological polar surface area (TPSA) is 73.1 Å². The number of halogens is 5. The molecular formula is C21H20ClF4N5O. The molecule has 0 unspecified atom stereocenters. The molecule has 1 aromatic carbocycles. The second-order valence-corrected chi connectivity index (χ2v) is 8.14. The largest absolute Gasteiger partial charge is 0.401 e. The quantitative estimate of drug-likeness (QED) is 0.426. The van der Waals surface area contributed by atoms with Crippen LogP contribution in [0.15, 0.2) is 36.7 Å². The zero-order chi connectivity index (χ0) is 22.9. The number of likely N-dealkylation sites (tertiary alicyclic amines) is 1. The number of benzene rings is 1. The van der Waals surface area contributed by atoms with E-state index in [0.717, 1.165) is 0 Å². The van der Waals surface area contributed by atoms with Crippen LogP contribution in [0.2, 0.25) is 5.02 Å². The van der Waals surface area contributed by atoms with Gasteiger partial charge in [-0.25, -0.2) is 9.18 Å². The molecule has 0 atom stereocenters. The van der Waals surface area contributed by atoms with Gasteiger partial charge in [0.25, 0.3) is 0 Å². The fraction of sp³-hybridized carbons (Fsp3) is 0.333. The molecule has 3 aromatic rings. The lowest BCUT2D eigenvalue weighted by atomic mass is 9.93. The summed E-state index contributed by atoms with van der Waals surface area (Å²) in [6, 6.07) is 5.21. The lowest BCUT2D eigenvalue weighted by molar-refractivity contribution is -0.147. The maximum absolute atomic E-state index is 13.5. The van der Waals surface area contributed by atoms with Crippen LogP contribution in [0.3, 0.4) is 0 Å². The van der Waals surface area contributed by atoms with Gasteiger partial charge in [-0.05, 0) is 50.2 Å². The number of amides is 2. The number of carbonyl (C=O) groups is 1. The number of H-pyrrole nitrogens is 1. The number of fused-ring (bicyclic) bond motifs is 1. The van der Waals surface area contributed by atoms with Crippen LogP contribution < -0.4 is 10.6 Å². The summed E-state index contributed by atoms with van der Waals surface area (Å²) in [5.74, 6) is -0.465. The normalized spacial score (nSPS) is 15.8. The first-order valence-electron chi connectivity index (χ1n) is 9.97. The summed E-state index contributed by atoms with van der Waals surface area (Å²) in [6.07, 6.45) is -0.154. The molecule has 32 heavy (non-hydrogen) atoms. The van der Waals surface area contributed by atoms with Gasteiger partial charge in [-0.1, -0.05) is 11.6 Å². The van der Waals surface area contributed by atoms with Gasteiger partial charge >= 0.3 is 12.2 Å². The lowest BCUT2D eigenvalue weighted by Crippen LogP contribution is -2.39. The fourth-order valence-corrected chi connectivity index (χ4v) is 4.24. The van der Waals surface area contributed by atoms with E-state index in [-0.39, 0.29) is 5.92 Å². The summed E-state index contributed by atoms with van der Waals surface area (Å²) in [7, 11) is 0. The molecule has 0 radical (unpaired) electrons. The van der Waals surface area contributed by atoms with Crippen LogP contribution in [0.25, 0.3) is 10.9 Å². The van der Waals surface area contributed by atoms with Gasteiger partial charge in [0.05, 0.1) is 34.8 Å². The number of piperidine rings is 1. The smallest absolute Gasteiger partial charge is 0.359 e. The van der Waals surface area contributed by atoms with Crippen LogP contribution in [0.5, 0.6) is 0 Å². The summed E-state index contributed by atoms with van der Waals surface area (Å²) in [6.45, 7) is -0.284. The van der Waals surface area contributed by atoms with Crippen LogP contribution in [0.1, 0.15) is 24.5 Å². The zero-order valence-corrected chi connectivity index (χ0v) is 17.5. The van der Waals surface area contributed by atoms with Gasteiger partial charge in [-0.2, -0.15) is 13.2 Å². The molecule has 1 aliphatic rings. The summed E-state index contributed by atoms with van der Waals surface area (Å²) >= 11 is 6.35. The van der Waals surface area contributed by atoms with E-state index >= 15 is 0 Å². The Bertz CT molecular complexity index is 1130. The number of aromatic nitrogens is 2. The number of pyridine rings is 1. The van der Waals surface area contributed by atoms with Gasteiger partial charge in [-0.3, -0.25) is 9.88 Å². The van der Waals surface area contributed by atoms with Gasteiger partial charge in [-0.15, -0.1) is 0 Å². The van der Waals surface area contributed by atoms with Crippen molar-refractivity contribution >= 4 is 39.9 Å². The van der Waals surface area contributed by atoms with Crippen molar-refractivity contribution in [3.63, 3.8) is 0 Å². The Morgan fingerprint density at radius 2 is 1.97 bits per heavy atom. The zero-order valence-electron chi connectivity index (χ0n) is 16.8. The third-order valence-electron chi connectivity index (χ3n) is 5.40. The number of hydrogen-bond donors (Lipinski definition) is 3. The van der Waals surface area contributed by atoms with E-state index in [9.17, 15) is 22.4 Å². The van der Waals surface area contributed by atoms with Crippen molar-refractivity contribution in [2.75, 3.05) is 30.3 Å². The molecule has 6 nitrogen and oxygen atoms in total. The molecule has 11 heteroatoms. The van der Waals surface area contributed by atoms with Crippen LogP contribution in [-0.4, -0.2) is 46.7 Å². The Kier molecular flexibility index (Phi) is 6.25. The van der Waals surface area contributed by atoms with Crippen molar-refractivity contribution in [2.45, 2.75) is 24.9 Å². The van der Waals surface area contributed by atoms with E-state index in [1.165, 1.54) is 23.2 Å². The van der Waals surface area contributed by atoms with E-state index < -0.39 is 24.6 Å².